The molecule has 1 saturated heterocycles. The van der Waals surface area contributed by atoms with Gasteiger partial charge in [0.05, 0.1) is 0 Å². The van der Waals surface area contributed by atoms with Gasteiger partial charge in [0.2, 0.25) is 0 Å². The molecule has 4 nitrogen and oxygen atoms in total. The average Bonchev–Trinajstić information content (AvgIpc) is 3.29. The summed E-state index contributed by atoms with van der Waals surface area (Å²) in [7, 11) is 0. The van der Waals surface area contributed by atoms with Crippen LogP contribution in [0.4, 0.5) is 0 Å². The van der Waals surface area contributed by atoms with Gasteiger partial charge in [0.1, 0.15) is 0 Å². The Kier molecular flexibility index (Phi) is 3.31. The molecule has 0 aromatic carbocycles. The second-order valence-electron chi connectivity index (χ2n) is 8.24. The van der Waals surface area contributed by atoms with Crippen LogP contribution in [-0.2, 0) is 19.1 Å². The van der Waals surface area contributed by atoms with E-state index in [1.54, 1.807) is 0 Å². The Hall–Kier alpha value is -0.330. The van der Waals surface area contributed by atoms with E-state index in [-0.39, 0.29) is 49.1 Å². The molecule has 4 aliphatic carbocycles. The molecule has 5 rings (SSSR count). The summed E-state index contributed by atoms with van der Waals surface area (Å²) in [5.74, 6) is 4.63. The van der Waals surface area contributed by atoms with E-state index >= 15 is 0 Å². The minimum atomic E-state index is -0.0841. The van der Waals surface area contributed by atoms with E-state index in [1.165, 1.54) is 12.8 Å². The van der Waals surface area contributed by atoms with Crippen LogP contribution in [0.3, 0.4) is 0 Å². The number of carbonyl (C=O) groups is 2. The fraction of sp³-hybridized carbons (Fsp3) is 0.889. The van der Waals surface area contributed by atoms with Crippen molar-refractivity contribution in [3.05, 3.63) is 0 Å². The first-order valence-corrected chi connectivity index (χ1v) is 12.4. The van der Waals surface area contributed by atoms with Gasteiger partial charge >= 0.3 is 147 Å². The first-order valence-electron chi connectivity index (χ1n) is 8.95. The Labute approximate surface area is 147 Å². The van der Waals surface area contributed by atoms with Crippen LogP contribution >= 0.6 is 0 Å². The predicted molar refractivity (Wildman–Crippen MR) is 78.0 cm³/mol. The number of esters is 2. The number of cyclic esters (lactones) is 1. The molecule has 5 aliphatic rings. The molecule has 0 radical (unpaired) electrons. The third-order valence-corrected chi connectivity index (χ3v) is 10.1. The van der Waals surface area contributed by atoms with Crippen molar-refractivity contribution in [1.29, 1.82) is 0 Å². The zero-order valence-electron chi connectivity index (χ0n) is 13.6. The molecule has 5 heteroatoms. The molecule has 0 spiro atoms. The molecular weight excluding hydrogens is 407 g/mol. The molecule has 0 amide bonds. The number of alkyl halides is 2. The molecule has 128 valence electrons. The van der Waals surface area contributed by atoms with E-state index in [4.69, 9.17) is 9.47 Å². The minimum absolute atomic E-state index is 0.0369. The van der Waals surface area contributed by atoms with Crippen molar-refractivity contribution >= 4 is 11.9 Å². The number of ether oxygens (including phenoxy) is 2. The van der Waals surface area contributed by atoms with Crippen molar-refractivity contribution in [2.24, 2.45) is 47.3 Å². The van der Waals surface area contributed by atoms with E-state index in [1.807, 2.05) is 6.92 Å². The Bertz CT molecular complexity index is 563. The summed E-state index contributed by atoms with van der Waals surface area (Å²) in [6.07, 6.45) is 3.65. The van der Waals surface area contributed by atoms with Crippen LogP contribution in [0.5, 0.6) is 0 Å². The summed E-state index contributed by atoms with van der Waals surface area (Å²) in [5, 5.41) is 0. The van der Waals surface area contributed by atoms with Gasteiger partial charge in [-0.25, -0.2) is 0 Å². The van der Waals surface area contributed by atoms with Crippen LogP contribution < -0.4 is 21.2 Å². The molecule has 0 aromatic rings. The van der Waals surface area contributed by atoms with Crippen molar-refractivity contribution in [3.63, 3.8) is 0 Å². The standard InChI is InChI=1S/C18H24IO4/c1-7(19-2)17(20)23-13-4-8-3-10(13)15-9-5-11(14(8)15)16-12(9)6-22-18(16)21/h7-16H,3-6H2,1-2H3/q-1/t7?,8?,9?,10-,11?,12?,13?,14?,15?,16?/m1/s1. The predicted octanol–water partition coefficient (Wildman–Crippen LogP) is -1.28. The van der Waals surface area contributed by atoms with Gasteiger partial charge in [-0.2, -0.15) is 0 Å². The number of carbonyl (C=O) groups excluding carboxylic acids is 2. The molecule has 4 saturated carbocycles. The third-order valence-electron chi connectivity index (χ3n) is 7.69. The molecule has 10 atom stereocenters. The first-order chi connectivity index (χ1) is 11.1. The molecule has 9 unspecified atom stereocenters. The number of rotatable bonds is 3. The van der Waals surface area contributed by atoms with Crippen LogP contribution in [0.15, 0.2) is 0 Å². The summed E-state index contributed by atoms with van der Waals surface area (Å²) >= 11 is -0.0841. The number of hydrogen-bond donors (Lipinski definition) is 0. The van der Waals surface area contributed by atoms with Gasteiger partial charge in [-0.1, -0.05) is 0 Å². The molecule has 1 aliphatic heterocycles. The number of hydrogen-bond acceptors (Lipinski definition) is 4. The zero-order valence-corrected chi connectivity index (χ0v) is 15.8. The zero-order chi connectivity index (χ0) is 15.9. The second kappa shape index (κ2) is 5.09. The second-order valence-corrected chi connectivity index (χ2v) is 11.4. The van der Waals surface area contributed by atoms with Crippen LogP contribution in [0.1, 0.15) is 26.2 Å². The Morgan fingerprint density at radius 3 is 2.78 bits per heavy atom. The van der Waals surface area contributed by atoms with E-state index in [9.17, 15) is 9.59 Å². The van der Waals surface area contributed by atoms with Crippen LogP contribution in [0.25, 0.3) is 0 Å². The average molecular weight is 431 g/mol. The van der Waals surface area contributed by atoms with Gasteiger partial charge in [-0.15, -0.1) is 0 Å². The summed E-state index contributed by atoms with van der Waals surface area (Å²) < 4.78 is 11.4. The monoisotopic (exact) mass is 431 g/mol. The van der Waals surface area contributed by atoms with Crippen LogP contribution in [-0.4, -0.2) is 33.5 Å². The van der Waals surface area contributed by atoms with Crippen LogP contribution in [0.2, 0.25) is 0 Å². The molecule has 23 heavy (non-hydrogen) atoms. The molecular formula is C18H24IO4-. The summed E-state index contributed by atoms with van der Waals surface area (Å²) in [4.78, 5) is 26.4. The van der Waals surface area contributed by atoms with Crippen molar-refractivity contribution in [2.45, 2.75) is 36.2 Å². The Morgan fingerprint density at radius 1 is 1.17 bits per heavy atom. The maximum absolute atomic E-state index is 12.2. The van der Waals surface area contributed by atoms with Crippen molar-refractivity contribution < 1.29 is 40.3 Å². The molecule has 4 bridgehead atoms. The van der Waals surface area contributed by atoms with E-state index in [0.29, 0.717) is 48.0 Å². The number of halogens is 1. The Balaban J connectivity index is 1.35. The topological polar surface area (TPSA) is 52.6 Å². The van der Waals surface area contributed by atoms with E-state index in [2.05, 4.69) is 4.93 Å². The molecule has 0 N–H and O–H groups in total. The van der Waals surface area contributed by atoms with Gasteiger partial charge in [0.15, 0.2) is 0 Å². The summed E-state index contributed by atoms with van der Waals surface area (Å²) in [5.41, 5.74) is 0. The normalized spacial score (nSPS) is 53.3. The van der Waals surface area contributed by atoms with Crippen molar-refractivity contribution in [1.82, 2.24) is 0 Å². The first kappa shape index (κ1) is 15.0. The van der Waals surface area contributed by atoms with Crippen molar-refractivity contribution in [2.75, 3.05) is 11.5 Å². The number of fused-ring (bicyclic) bond motifs is 12. The maximum atomic E-state index is 12.2. The molecule has 1 heterocycles. The van der Waals surface area contributed by atoms with Gasteiger partial charge < -0.3 is 0 Å². The van der Waals surface area contributed by atoms with E-state index < -0.39 is 0 Å². The van der Waals surface area contributed by atoms with E-state index in [0.717, 1.165) is 6.42 Å². The molecule has 5 fully saturated rings. The summed E-state index contributed by atoms with van der Waals surface area (Å²) in [6.45, 7) is 2.66. The van der Waals surface area contributed by atoms with Gasteiger partial charge in [0.25, 0.3) is 0 Å². The summed E-state index contributed by atoms with van der Waals surface area (Å²) in [6, 6.07) is 0. The third kappa shape index (κ3) is 1.89. The van der Waals surface area contributed by atoms with Gasteiger partial charge in [-0.05, 0) is 0 Å². The Morgan fingerprint density at radius 2 is 2.00 bits per heavy atom. The van der Waals surface area contributed by atoms with Crippen LogP contribution in [0, 0.1) is 47.3 Å². The fourth-order valence-electron chi connectivity index (χ4n) is 7.01. The molecule has 0 aromatic heterocycles. The SMILES string of the molecule is C[I-]C(C)C(=O)OC1CC2C[C@H]1C1C3CC(C4C(=O)OCC34)C21. The fourth-order valence-corrected chi connectivity index (χ4v) is 7.66. The van der Waals surface area contributed by atoms with Gasteiger partial charge in [0, 0.05) is 0 Å². The quantitative estimate of drug-likeness (QED) is 0.242. The van der Waals surface area contributed by atoms with Crippen molar-refractivity contribution in [3.8, 4) is 0 Å². The van der Waals surface area contributed by atoms with Gasteiger partial charge in [-0.3, -0.25) is 0 Å².